The van der Waals surface area contributed by atoms with Crippen molar-refractivity contribution >= 4 is 11.0 Å². The Morgan fingerprint density at radius 2 is 2.21 bits per heavy atom. The van der Waals surface area contributed by atoms with Crippen LogP contribution in [0.4, 0.5) is 0 Å². The Balaban J connectivity index is 1.68. The molecule has 3 heteroatoms. The van der Waals surface area contributed by atoms with Crippen LogP contribution in [-0.2, 0) is 6.54 Å². The third-order valence-electron chi connectivity index (χ3n) is 4.29. The van der Waals surface area contributed by atoms with E-state index in [4.69, 9.17) is 9.15 Å². The van der Waals surface area contributed by atoms with Crippen LogP contribution in [0.2, 0.25) is 0 Å². The highest BCUT2D eigenvalue weighted by Gasteiger charge is 2.39. The topological polar surface area (TPSA) is 34.4 Å². The van der Waals surface area contributed by atoms with Gasteiger partial charge < -0.3 is 14.5 Å². The van der Waals surface area contributed by atoms with E-state index >= 15 is 0 Å². The molecule has 0 amide bonds. The van der Waals surface area contributed by atoms with Crippen LogP contribution in [0.3, 0.4) is 0 Å². The van der Waals surface area contributed by atoms with Crippen molar-refractivity contribution in [2.75, 3.05) is 13.7 Å². The molecule has 0 radical (unpaired) electrons. The summed E-state index contributed by atoms with van der Waals surface area (Å²) in [4.78, 5) is 0. The van der Waals surface area contributed by atoms with Gasteiger partial charge in [-0.05, 0) is 36.8 Å². The molecule has 3 rings (SSSR count). The fraction of sp³-hybridized carbons (Fsp3) is 0.500. The molecule has 1 aliphatic rings. The molecule has 1 saturated carbocycles. The maximum Gasteiger partial charge on any atom is 0.176 e. The zero-order chi connectivity index (χ0) is 13.3. The van der Waals surface area contributed by atoms with Crippen LogP contribution in [0.5, 0.6) is 5.75 Å². The monoisotopic (exact) mass is 259 g/mol. The second-order valence-corrected chi connectivity index (χ2v) is 5.55. The number of para-hydroxylation sites is 1. The SMILES string of the molecule is CCC1(CNCc2cc3cccc(OC)c3o2)CC1. The summed E-state index contributed by atoms with van der Waals surface area (Å²) < 4.78 is 11.2. The number of nitrogens with one attached hydrogen (secondary N) is 1. The number of benzene rings is 1. The summed E-state index contributed by atoms with van der Waals surface area (Å²) in [5, 5.41) is 4.62. The molecule has 1 fully saturated rings. The van der Waals surface area contributed by atoms with Crippen LogP contribution >= 0.6 is 0 Å². The Morgan fingerprint density at radius 3 is 2.89 bits per heavy atom. The van der Waals surface area contributed by atoms with Gasteiger partial charge in [0.15, 0.2) is 11.3 Å². The standard InChI is InChI=1S/C16H21NO2/c1-3-16(7-8-16)11-17-10-13-9-12-5-4-6-14(18-2)15(12)19-13/h4-6,9,17H,3,7-8,10-11H2,1-2H3. The molecule has 0 spiro atoms. The minimum absolute atomic E-state index is 0.573. The normalized spacial score (nSPS) is 16.7. The number of rotatable bonds is 6. The molecule has 0 atom stereocenters. The highest BCUT2D eigenvalue weighted by Crippen LogP contribution is 2.47. The summed E-state index contributed by atoms with van der Waals surface area (Å²) in [5.41, 5.74) is 1.42. The average molecular weight is 259 g/mol. The first-order chi connectivity index (χ1) is 9.26. The van der Waals surface area contributed by atoms with E-state index in [-0.39, 0.29) is 0 Å². The Bertz CT molecular complexity index is 569. The van der Waals surface area contributed by atoms with Crippen LogP contribution in [0.1, 0.15) is 31.9 Å². The third-order valence-corrected chi connectivity index (χ3v) is 4.29. The minimum atomic E-state index is 0.573. The van der Waals surface area contributed by atoms with Crippen molar-refractivity contribution in [3.8, 4) is 5.75 Å². The zero-order valence-corrected chi connectivity index (χ0v) is 11.7. The molecule has 1 aliphatic carbocycles. The summed E-state index contributed by atoms with van der Waals surface area (Å²) in [5.74, 6) is 1.78. The number of ether oxygens (including phenoxy) is 1. The van der Waals surface area contributed by atoms with E-state index < -0.39 is 0 Å². The van der Waals surface area contributed by atoms with Crippen molar-refractivity contribution in [3.05, 3.63) is 30.0 Å². The maximum absolute atomic E-state index is 5.87. The molecule has 0 aliphatic heterocycles. The molecule has 2 aromatic rings. The lowest BCUT2D eigenvalue weighted by molar-refractivity contribution is 0.400. The van der Waals surface area contributed by atoms with Gasteiger partial charge >= 0.3 is 0 Å². The Kier molecular flexibility index (Phi) is 3.23. The summed E-state index contributed by atoms with van der Waals surface area (Å²) in [6.07, 6.45) is 4.00. The van der Waals surface area contributed by atoms with Crippen LogP contribution < -0.4 is 10.1 Å². The van der Waals surface area contributed by atoms with Gasteiger partial charge in [-0.3, -0.25) is 0 Å². The summed E-state index contributed by atoms with van der Waals surface area (Å²) >= 11 is 0. The van der Waals surface area contributed by atoms with E-state index in [1.165, 1.54) is 19.3 Å². The van der Waals surface area contributed by atoms with E-state index in [1.807, 2.05) is 12.1 Å². The number of fused-ring (bicyclic) bond motifs is 1. The van der Waals surface area contributed by atoms with Crippen molar-refractivity contribution in [2.24, 2.45) is 5.41 Å². The molecule has 1 N–H and O–H groups in total. The van der Waals surface area contributed by atoms with Crippen LogP contribution in [0, 0.1) is 5.41 Å². The molecule has 1 aromatic carbocycles. The maximum atomic E-state index is 5.87. The second kappa shape index (κ2) is 4.89. The average Bonchev–Trinajstić information content (AvgIpc) is 3.09. The molecule has 0 bridgehead atoms. The zero-order valence-electron chi connectivity index (χ0n) is 11.7. The summed E-state index contributed by atoms with van der Waals surface area (Å²) in [7, 11) is 1.67. The Hall–Kier alpha value is -1.48. The van der Waals surface area contributed by atoms with E-state index in [0.717, 1.165) is 35.6 Å². The van der Waals surface area contributed by atoms with Crippen molar-refractivity contribution in [3.63, 3.8) is 0 Å². The number of furan rings is 1. The molecule has 0 unspecified atom stereocenters. The van der Waals surface area contributed by atoms with Gasteiger partial charge in [0.05, 0.1) is 13.7 Å². The van der Waals surface area contributed by atoms with Gasteiger partial charge in [0.2, 0.25) is 0 Å². The minimum Gasteiger partial charge on any atom is -0.493 e. The van der Waals surface area contributed by atoms with E-state index in [9.17, 15) is 0 Å². The molecular weight excluding hydrogens is 238 g/mol. The number of hydrogen-bond donors (Lipinski definition) is 1. The van der Waals surface area contributed by atoms with Gasteiger partial charge in [-0.15, -0.1) is 0 Å². The highest BCUT2D eigenvalue weighted by atomic mass is 16.5. The van der Waals surface area contributed by atoms with E-state index in [1.54, 1.807) is 7.11 Å². The fourth-order valence-corrected chi connectivity index (χ4v) is 2.62. The van der Waals surface area contributed by atoms with Gasteiger partial charge in [-0.25, -0.2) is 0 Å². The largest absolute Gasteiger partial charge is 0.493 e. The molecule has 3 nitrogen and oxygen atoms in total. The lowest BCUT2D eigenvalue weighted by atomic mass is 10.0. The van der Waals surface area contributed by atoms with Gasteiger partial charge in [0, 0.05) is 11.9 Å². The summed E-state index contributed by atoms with van der Waals surface area (Å²) in [6.45, 7) is 4.16. The van der Waals surface area contributed by atoms with Crippen molar-refractivity contribution in [1.29, 1.82) is 0 Å². The molecule has 102 valence electrons. The van der Waals surface area contributed by atoms with E-state index in [2.05, 4.69) is 24.4 Å². The van der Waals surface area contributed by atoms with Crippen LogP contribution in [-0.4, -0.2) is 13.7 Å². The smallest absolute Gasteiger partial charge is 0.176 e. The third kappa shape index (κ3) is 2.47. The molecule has 19 heavy (non-hydrogen) atoms. The van der Waals surface area contributed by atoms with Crippen LogP contribution in [0.15, 0.2) is 28.7 Å². The first-order valence-corrected chi connectivity index (χ1v) is 7.02. The first kappa shape index (κ1) is 12.5. The molecule has 1 heterocycles. The number of methoxy groups -OCH3 is 1. The second-order valence-electron chi connectivity index (χ2n) is 5.55. The Labute approximate surface area is 113 Å². The lowest BCUT2D eigenvalue weighted by Crippen LogP contribution is -2.22. The lowest BCUT2D eigenvalue weighted by Gasteiger charge is -2.12. The number of hydrogen-bond acceptors (Lipinski definition) is 3. The van der Waals surface area contributed by atoms with E-state index in [0.29, 0.717) is 5.41 Å². The predicted octanol–water partition coefficient (Wildman–Crippen LogP) is 3.72. The highest BCUT2D eigenvalue weighted by molar-refractivity contribution is 5.83. The van der Waals surface area contributed by atoms with Crippen molar-refractivity contribution in [1.82, 2.24) is 5.32 Å². The van der Waals surface area contributed by atoms with Gasteiger partial charge in [-0.1, -0.05) is 19.1 Å². The molecule has 0 saturated heterocycles. The molecular formula is C16H21NO2. The fourth-order valence-electron chi connectivity index (χ4n) is 2.62. The van der Waals surface area contributed by atoms with Gasteiger partial charge in [-0.2, -0.15) is 0 Å². The quantitative estimate of drug-likeness (QED) is 0.858. The molecule has 1 aromatic heterocycles. The van der Waals surface area contributed by atoms with Crippen molar-refractivity contribution in [2.45, 2.75) is 32.7 Å². The first-order valence-electron chi connectivity index (χ1n) is 7.02. The summed E-state index contributed by atoms with van der Waals surface area (Å²) in [6, 6.07) is 8.07. The van der Waals surface area contributed by atoms with Crippen LogP contribution in [0.25, 0.3) is 11.0 Å². The van der Waals surface area contributed by atoms with Gasteiger partial charge in [0.25, 0.3) is 0 Å². The van der Waals surface area contributed by atoms with Gasteiger partial charge in [0.1, 0.15) is 5.76 Å². The predicted molar refractivity (Wildman–Crippen MR) is 76.4 cm³/mol. The van der Waals surface area contributed by atoms with Crippen molar-refractivity contribution < 1.29 is 9.15 Å². The Morgan fingerprint density at radius 1 is 1.37 bits per heavy atom.